The first kappa shape index (κ1) is 13.0. The number of carboxylic acids is 1. The monoisotopic (exact) mass is 270 g/mol. The van der Waals surface area contributed by atoms with Gasteiger partial charge in [-0.2, -0.15) is 0 Å². The van der Waals surface area contributed by atoms with Gasteiger partial charge in [-0.3, -0.25) is 4.98 Å². The van der Waals surface area contributed by atoms with Crippen LogP contribution in [0.1, 0.15) is 28.9 Å². The van der Waals surface area contributed by atoms with Gasteiger partial charge >= 0.3 is 5.97 Å². The Morgan fingerprint density at radius 1 is 1.50 bits per heavy atom. The van der Waals surface area contributed by atoms with E-state index in [1.807, 2.05) is 0 Å². The van der Waals surface area contributed by atoms with Crippen molar-refractivity contribution in [1.29, 1.82) is 0 Å². The first-order valence-electron chi connectivity index (χ1n) is 5.62. The lowest BCUT2D eigenvalue weighted by Gasteiger charge is -2.05. The number of hydrogen-bond donors (Lipinski definition) is 2. The number of sulfonamides is 1. The molecule has 2 N–H and O–H groups in total. The maximum absolute atomic E-state index is 11.6. The van der Waals surface area contributed by atoms with E-state index in [0.29, 0.717) is 5.69 Å². The standard InChI is InChI=1S/C11H14N2O4S/c14-11(15)9-3-4-12-10(5-9)6-13-18(16,17)7-8-1-2-8/h3-5,8,13H,1-2,6-7H2,(H,14,15). The first-order valence-corrected chi connectivity index (χ1v) is 7.27. The Morgan fingerprint density at radius 3 is 2.83 bits per heavy atom. The van der Waals surface area contributed by atoms with E-state index in [4.69, 9.17) is 5.11 Å². The molecule has 1 aromatic rings. The minimum Gasteiger partial charge on any atom is -0.478 e. The van der Waals surface area contributed by atoms with Crippen LogP contribution in [0.5, 0.6) is 0 Å². The quantitative estimate of drug-likeness (QED) is 0.789. The normalized spacial score (nSPS) is 15.6. The lowest BCUT2D eigenvalue weighted by Crippen LogP contribution is -2.27. The maximum atomic E-state index is 11.6. The number of pyridine rings is 1. The summed E-state index contributed by atoms with van der Waals surface area (Å²) >= 11 is 0. The third-order valence-corrected chi connectivity index (χ3v) is 4.18. The number of aromatic nitrogens is 1. The van der Waals surface area contributed by atoms with E-state index in [0.717, 1.165) is 12.8 Å². The zero-order chi connectivity index (χ0) is 13.2. The van der Waals surface area contributed by atoms with Crippen molar-refractivity contribution in [2.75, 3.05) is 5.75 Å². The minimum atomic E-state index is -3.29. The molecule has 1 aliphatic rings. The summed E-state index contributed by atoms with van der Waals surface area (Å²) in [5.74, 6) is -0.633. The molecule has 0 atom stereocenters. The number of rotatable bonds is 6. The summed E-state index contributed by atoms with van der Waals surface area (Å²) in [6.45, 7) is 0.0240. The van der Waals surface area contributed by atoms with Gasteiger partial charge in [-0.05, 0) is 30.9 Å². The van der Waals surface area contributed by atoms with Crippen molar-refractivity contribution < 1.29 is 18.3 Å². The van der Waals surface area contributed by atoms with E-state index in [1.54, 1.807) is 0 Å². The largest absolute Gasteiger partial charge is 0.478 e. The van der Waals surface area contributed by atoms with Crippen LogP contribution in [0.4, 0.5) is 0 Å². The molecule has 7 heteroatoms. The molecule has 1 saturated carbocycles. The van der Waals surface area contributed by atoms with Crippen LogP contribution in [0.2, 0.25) is 0 Å². The van der Waals surface area contributed by atoms with Crippen LogP contribution in [-0.4, -0.2) is 30.2 Å². The molecule has 0 spiro atoms. The Balaban J connectivity index is 1.96. The summed E-state index contributed by atoms with van der Waals surface area (Å²) in [6, 6.07) is 2.73. The third-order valence-electron chi connectivity index (χ3n) is 2.69. The Kier molecular flexibility index (Phi) is 3.63. The molecule has 0 aromatic carbocycles. The van der Waals surface area contributed by atoms with E-state index in [-0.39, 0.29) is 23.8 Å². The topological polar surface area (TPSA) is 96.4 Å². The molecule has 0 bridgehead atoms. The molecular weight excluding hydrogens is 256 g/mol. The maximum Gasteiger partial charge on any atom is 0.335 e. The van der Waals surface area contributed by atoms with Crippen LogP contribution in [-0.2, 0) is 16.6 Å². The summed E-state index contributed by atoms with van der Waals surface area (Å²) in [7, 11) is -3.29. The highest BCUT2D eigenvalue weighted by Crippen LogP contribution is 2.29. The predicted molar refractivity (Wildman–Crippen MR) is 64.5 cm³/mol. The third kappa shape index (κ3) is 3.78. The molecule has 0 aliphatic heterocycles. The summed E-state index contributed by atoms with van der Waals surface area (Å²) in [4.78, 5) is 14.7. The SMILES string of the molecule is O=C(O)c1ccnc(CNS(=O)(=O)CC2CC2)c1. The fourth-order valence-electron chi connectivity index (χ4n) is 1.55. The van der Waals surface area contributed by atoms with Gasteiger partial charge in [0.05, 0.1) is 23.6 Å². The molecule has 1 aliphatic carbocycles. The van der Waals surface area contributed by atoms with E-state index in [9.17, 15) is 13.2 Å². The zero-order valence-electron chi connectivity index (χ0n) is 9.67. The zero-order valence-corrected chi connectivity index (χ0v) is 10.5. The molecule has 6 nitrogen and oxygen atoms in total. The lowest BCUT2D eigenvalue weighted by molar-refractivity contribution is 0.0696. The number of hydrogen-bond acceptors (Lipinski definition) is 4. The second-order valence-electron chi connectivity index (χ2n) is 4.39. The highest BCUT2D eigenvalue weighted by atomic mass is 32.2. The summed E-state index contributed by atoms with van der Waals surface area (Å²) in [5, 5.41) is 8.80. The van der Waals surface area contributed by atoms with Crippen LogP contribution in [0.15, 0.2) is 18.3 Å². The molecule has 1 heterocycles. The summed E-state index contributed by atoms with van der Waals surface area (Å²) in [5.41, 5.74) is 0.496. The van der Waals surface area contributed by atoms with E-state index < -0.39 is 16.0 Å². The molecule has 98 valence electrons. The van der Waals surface area contributed by atoms with Crippen molar-refractivity contribution in [1.82, 2.24) is 9.71 Å². The number of carboxylic acid groups (broad SMARTS) is 1. The Morgan fingerprint density at radius 2 is 2.22 bits per heavy atom. The van der Waals surface area contributed by atoms with Crippen molar-refractivity contribution in [3.05, 3.63) is 29.6 Å². The van der Waals surface area contributed by atoms with Crippen molar-refractivity contribution in [2.24, 2.45) is 5.92 Å². The summed E-state index contributed by atoms with van der Waals surface area (Å²) in [6.07, 6.45) is 3.29. The van der Waals surface area contributed by atoms with Crippen LogP contribution in [0.25, 0.3) is 0 Å². The van der Waals surface area contributed by atoms with Crippen molar-refractivity contribution in [2.45, 2.75) is 19.4 Å². The van der Waals surface area contributed by atoms with Gasteiger partial charge in [0.1, 0.15) is 0 Å². The lowest BCUT2D eigenvalue weighted by atomic mass is 10.2. The number of carbonyl (C=O) groups is 1. The van der Waals surface area contributed by atoms with Gasteiger partial charge in [-0.25, -0.2) is 17.9 Å². The van der Waals surface area contributed by atoms with Crippen LogP contribution < -0.4 is 4.72 Å². The second kappa shape index (κ2) is 5.03. The fourth-order valence-corrected chi connectivity index (χ4v) is 2.99. The minimum absolute atomic E-state index is 0.0240. The van der Waals surface area contributed by atoms with Crippen LogP contribution >= 0.6 is 0 Å². The van der Waals surface area contributed by atoms with Gasteiger partial charge in [0.2, 0.25) is 10.0 Å². The molecule has 1 aromatic heterocycles. The fraction of sp³-hybridized carbons (Fsp3) is 0.455. The molecule has 0 saturated heterocycles. The Bertz CT molecular complexity index is 552. The van der Waals surface area contributed by atoms with Crippen LogP contribution in [0, 0.1) is 5.92 Å². The number of nitrogens with zero attached hydrogens (tertiary/aromatic N) is 1. The molecule has 18 heavy (non-hydrogen) atoms. The molecule has 0 unspecified atom stereocenters. The highest BCUT2D eigenvalue weighted by Gasteiger charge is 2.27. The van der Waals surface area contributed by atoms with Crippen molar-refractivity contribution >= 4 is 16.0 Å². The van der Waals surface area contributed by atoms with Gasteiger partial charge in [-0.15, -0.1) is 0 Å². The number of aromatic carboxylic acids is 1. The van der Waals surface area contributed by atoms with E-state index >= 15 is 0 Å². The van der Waals surface area contributed by atoms with Gasteiger partial charge in [0, 0.05) is 6.20 Å². The van der Waals surface area contributed by atoms with Gasteiger partial charge in [0.25, 0.3) is 0 Å². The average Bonchev–Trinajstić information content (AvgIpc) is 3.10. The molecule has 1 fully saturated rings. The molecule has 0 radical (unpaired) electrons. The Hall–Kier alpha value is -1.47. The Labute approximate surface area is 105 Å². The number of nitrogens with one attached hydrogen (secondary N) is 1. The highest BCUT2D eigenvalue weighted by molar-refractivity contribution is 7.89. The predicted octanol–water partition coefficient (Wildman–Crippen LogP) is 0.609. The average molecular weight is 270 g/mol. The van der Waals surface area contributed by atoms with E-state index in [2.05, 4.69) is 9.71 Å². The second-order valence-corrected chi connectivity index (χ2v) is 6.24. The van der Waals surface area contributed by atoms with Crippen molar-refractivity contribution in [3.63, 3.8) is 0 Å². The smallest absolute Gasteiger partial charge is 0.335 e. The van der Waals surface area contributed by atoms with Gasteiger partial charge in [0.15, 0.2) is 0 Å². The van der Waals surface area contributed by atoms with Gasteiger partial charge < -0.3 is 5.11 Å². The van der Waals surface area contributed by atoms with Crippen molar-refractivity contribution in [3.8, 4) is 0 Å². The molecular formula is C11H14N2O4S. The molecule has 0 amide bonds. The summed E-state index contributed by atoms with van der Waals surface area (Å²) < 4.78 is 25.7. The van der Waals surface area contributed by atoms with Crippen LogP contribution in [0.3, 0.4) is 0 Å². The first-order chi connectivity index (χ1) is 8.46. The van der Waals surface area contributed by atoms with Gasteiger partial charge in [-0.1, -0.05) is 0 Å². The van der Waals surface area contributed by atoms with E-state index in [1.165, 1.54) is 18.3 Å². The molecule has 2 rings (SSSR count).